The molecule has 0 radical (unpaired) electrons. The average Bonchev–Trinajstić information content (AvgIpc) is 3.04. The van der Waals surface area contributed by atoms with E-state index in [1.54, 1.807) is 0 Å². The summed E-state index contributed by atoms with van der Waals surface area (Å²) < 4.78 is 16.2. The number of amides is 1. The van der Waals surface area contributed by atoms with Gasteiger partial charge in [-0.1, -0.05) is 12.1 Å². The Labute approximate surface area is 147 Å². The predicted octanol–water partition coefficient (Wildman–Crippen LogP) is 1.47. The topological polar surface area (TPSA) is 61.2 Å². The second-order valence-electron chi connectivity index (χ2n) is 5.98. The summed E-state index contributed by atoms with van der Waals surface area (Å²) in [6.07, 6.45) is 0. The molecule has 0 spiro atoms. The van der Waals surface area contributed by atoms with Crippen LogP contribution in [0.2, 0.25) is 0 Å². The van der Waals surface area contributed by atoms with Crippen molar-refractivity contribution < 1.29 is 23.9 Å². The van der Waals surface area contributed by atoms with E-state index >= 15 is 0 Å². The fourth-order valence-electron chi connectivity index (χ4n) is 2.78. The molecule has 1 unspecified atom stereocenters. The van der Waals surface area contributed by atoms with Gasteiger partial charge >= 0.3 is 0 Å². The summed E-state index contributed by atoms with van der Waals surface area (Å²) in [5, 5.41) is 2.92. The number of para-hydroxylation sites is 2. The molecule has 3 rings (SSSR count). The van der Waals surface area contributed by atoms with E-state index in [1.807, 2.05) is 56.4 Å². The number of rotatable bonds is 7. The van der Waals surface area contributed by atoms with Gasteiger partial charge in [0.25, 0.3) is 5.91 Å². The van der Waals surface area contributed by atoms with Crippen LogP contribution < -0.4 is 24.4 Å². The second-order valence-corrected chi connectivity index (χ2v) is 5.98. The molecule has 1 amide bonds. The third kappa shape index (κ3) is 4.42. The van der Waals surface area contributed by atoms with Gasteiger partial charge in [-0.05, 0) is 37.3 Å². The highest BCUT2D eigenvalue weighted by Crippen LogP contribution is 2.32. The largest absolute Gasteiger partial charge is 0.492 e. The van der Waals surface area contributed by atoms with Crippen molar-refractivity contribution in [1.82, 2.24) is 0 Å². The van der Waals surface area contributed by atoms with Crippen LogP contribution in [-0.4, -0.2) is 32.9 Å². The first-order valence-electron chi connectivity index (χ1n) is 8.37. The minimum Gasteiger partial charge on any atom is -0.492 e. The molecule has 6 nitrogen and oxygen atoms in total. The first kappa shape index (κ1) is 17.1. The van der Waals surface area contributed by atoms with Gasteiger partial charge in [-0.2, -0.15) is 0 Å². The lowest BCUT2D eigenvalue weighted by Crippen LogP contribution is -3.08. The maximum absolute atomic E-state index is 12.3. The molecule has 2 aromatic carbocycles. The van der Waals surface area contributed by atoms with Crippen molar-refractivity contribution in [2.75, 3.05) is 32.3 Å². The molecule has 2 aromatic rings. The van der Waals surface area contributed by atoms with E-state index in [9.17, 15) is 4.79 Å². The molecule has 0 bridgehead atoms. The normalized spacial score (nSPS) is 13.4. The number of likely N-dealkylation sites (N-methyl/N-ethyl adjacent to an activating group) is 1. The van der Waals surface area contributed by atoms with Crippen LogP contribution in [-0.2, 0) is 11.3 Å². The number of anilines is 1. The van der Waals surface area contributed by atoms with E-state index in [4.69, 9.17) is 14.2 Å². The van der Waals surface area contributed by atoms with Crippen LogP contribution in [0.15, 0.2) is 42.5 Å². The number of fused-ring (bicyclic) bond motifs is 1. The van der Waals surface area contributed by atoms with Crippen molar-refractivity contribution in [3.05, 3.63) is 48.0 Å². The Balaban J connectivity index is 1.56. The number of carbonyl (C=O) groups is 1. The molecule has 25 heavy (non-hydrogen) atoms. The lowest BCUT2D eigenvalue weighted by Gasteiger charge is -2.15. The van der Waals surface area contributed by atoms with Crippen LogP contribution in [0.3, 0.4) is 0 Å². The monoisotopic (exact) mass is 343 g/mol. The van der Waals surface area contributed by atoms with Crippen LogP contribution in [0.5, 0.6) is 17.2 Å². The predicted molar refractivity (Wildman–Crippen MR) is 94.3 cm³/mol. The maximum atomic E-state index is 12.3. The summed E-state index contributed by atoms with van der Waals surface area (Å²) >= 11 is 0. The van der Waals surface area contributed by atoms with Crippen molar-refractivity contribution in [1.29, 1.82) is 0 Å². The number of benzene rings is 2. The smallest absolute Gasteiger partial charge is 0.279 e. The maximum Gasteiger partial charge on any atom is 0.279 e. The molecule has 0 aliphatic carbocycles. The van der Waals surface area contributed by atoms with Crippen LogP contribution >= 0.6 is 0 Å². The van der Waals surface area contributed by atoms with Gasteiger partial charge in [0, 0.05) is 5.56 Å². The van der Waals surface area contributed by atoms with Crippen molar-refractivity contribution in [3.8, 4) is 17.2 Å². The lowest BCUT2D eigenvalue weighted by atomic mass is 10.2. The fraction of sp³-hybridized carbons (Fsp3) is 0.316. The van der Waals surface area contributed by atoms with Crippen molar-refractivity contribution in [2.24, 2.45) is 0 Å². The summed E-state index contributed by atoms with van der Waals surface area (Å²) in [6, 6.07) is 13.3. The minimum absolute atomic E-state index is 0.0506. The molecular weight excluding hydrogens is 320 g/mol. The number of nitrogens with one attached hydrogen (secondary N) is 2. The number of hydrogen-bond acceptors (Lipinski definition) is 4. The number of carbonyl (C=O) groups excluding carboxylic acids is 1. The Morgan fingerprint density at radius 2 is 2.00 bits per heavy atom. The molecule has 6 heteroatoms. The fourth-order valence-corrected chi connectivity index (χ4v) is 2.78. The highest BCUT2D eigenvalue weighted by Gasteiger charge is 2.16. The molecule has 1 aliphatic rings. The molecule has 0 aromatic heterocycles. The standard InChI is InChI=1S/C19H22N2O4/c1-3-23-16-7-5-4-6-15(16)20-19(22)12-21(2)11-14-8-9-17-18(10-14)25-13-24-17/h4-10H,3,11-13H2,1-2H3,(H,20,22)/p+1. The van der Waals surface area contributed by atoms with Gasteiger partial charge in [0.2, 0.25) is 6.79 Å². The molecule has 0 saturated heterocycles. The molecule has 2 N–H and O–H groups in total. The van der Waals surface area contributed by atoms with E-state index < -0.39 is 0 Å². The summed E-state index contributed by atoms with van der Waals surface area (Å²) in [4.78, 5) is 13.4. The quantitative estimate of drug-likeness (QED) is 0.799. The minimum atomic E-state index is -0.0506. The van der Waals surface area contributed by atoms with E-state index in [0.29, 0.717) is 24.6 Å². The first-order chi connectivity index (χ1) is 12.2. The molecule has 1 atom stereocenters. The molecule has 0 saturated carbocycles. The average molecular weight is 343 g/mol. The SMILES string of the molecule is CCOc1ccccc1NC(=O)C[NH+](C)Cc1ccc2c(c1)OCO2. The van der Waals surface area contributed by atoms with Crippen molar-refractivity contribution in [3.63, 3.8) is 0 Å². The van der Waals surface area contributed by atoms with Crippen LogP contribution in [0.25, 0.3) is 0 Å². The Kier molecular flexibility index (Phi) is 5.40. The summed E-state index contributed by atoms with van der Waals surface area (Å²) in [5.74, 6) is 2.17. The van der Waals surface area contributed by atoms with Crippen LogP contribution in [0, 0.1) is 0 Å². The second kappa shape index (κ2) is 7.90. The van der Waals surface area contributed by atoms with Gasteiger partial charge < -0.3 is 24.4 Å². The summed E-state index contributed by atoms with van der Waals surface area (Å²) in [6.45, 7) is 3.82. The Morgan fingerprint density at radius 3 is 2.84 bits per heavy atom. The number of quaternary nitrogens is 1. The van der Waals surface area contributed by atoms with Crippen LogP contribution in [0.1, 0.15) is 12.5 Å². The highest BCUT2D eigenvalue weighted by molar-refractivity contribution is 5.92. The van der Waals surface area contributed by atoms with Gasteiger partial charge in [0.05, 0.1) is 19.3 Å². The van der Waals surface area contributed by atoms with Crippen molar-refractivity contribution >= 4 is 11.6 Å². The van der Waals surface area contributed by atoms with Gasteiger partial charge in [-0.3, -0.25) is 4.79 Å². The van der Waals surface area contributed by atoms with E-state index in [-0.39, 0.29) is 12.7 Å². The highest BCUT2D eigenvalue weighted by atomic mass is 16.7. The Hall–Kier alpha value is -2.73. The zero-order valence-electron chi connectivity index (χ0n) is 14.5. The molecule has 1 heterocycles. The van der Waals surface area contributed by atoms with E-state index in [0.717, 1.165) is 28.5 Å². The molecule has 132 valence electrons. The Bertz CT molecular complexity index is 748. The Morgan fingerprint density at radius 1 is 1.20 bits per heavy atom. The number of hydrogen-bond donors (Lipinski definition) is 2. The van der Waals surface area contributed by atoms with E-state index in [1.165, 1.54) is 0 Å². The third-order valence-corrected chi connectivity index (χ3v) is 3.87. The van der Waals surface area contributed by atoms with Gasteiger partial charge in [0.1, 0.15) is 12.3 Å². The van der Waals surface area contributed by atoms with Gasteiger partial charge in [-0.25, -0.2) is 0 Å². The zero-order valence-corrected chi connectivity index (χ0v) is 14.5. The van der Waals surface area contributed by atoms with Gasteiger partial charge in [-0.15, -0.1) is 0 Å². The van der Waals surface area contributed by atoms with Crippen LogP contribution in [0.4, 0.5) is 5.69 Å². The summed E-state index contributed by atoms with van der Waals surface area (Å²) in [7, 11) is 1.98. The lowest BCUT2D eigenvalue weighted by molar-refractivity contribution is -0.885. The molecular formula is C19H23N2O4+. The van der Waals surface area contributed by atoms with E-state index in [2.05, 4.69) is 5.32 Å². The molecule has 1 aliphatic heterocycles. The summed E-state index contributed by atoms with van der Waals surface area (Å²) in [5.41, 5.74) is 1.80. The third-order valence-electron chi connectivity index (χ3n) is 3.87. The van der Waals surface area contributed by atoms with Crippen molar-refractivity contribution in [2.45, 2.75) is 13.5 Å². The first-order valence-corrected chi connectivity index (χ1v) is 8.37. The number of ether oxygens (including phenoxy) is 3. The van der Waals surface area contributed by atoms with Gasteiger partial charge in [0.15, 0.2) is 18.0 Å². The molecule has 0 fully saturated rings. The zero-order chi connectivity index (χ0) is 17.6.